The van der Waals surface area contributed by atoms with E-state index in [2.05, 4.69) is 27.4 Å². The van der Waals surface area contributed by atoms with E-state index >= 15 is 0 Å². The lowest BCUT2D eigenvalue weighted by Crippen LogP contribution is -2.21. The molecule has 0 saturated carbocycles. The Morgan fingerprint density at radius 2 is 2.00 bits per heavy atom. The zero-order valence-electron chi connectivity index (χ0n) is 16.8. The van der Waals surface area contributed by atoms with Gasteiger partial charge in [0.05, 0.1) is 11.1 Å². The van der Waals surface area contributed by atoms with Crippen LogP contribution in [-0.4, -0.2) is 36.1 Å². The number of anilines is 1. The van der Waals surface area contributed by atoms with Gasteiger partial charge in [0.25, 0.3) is 5.56 Å². The fourth-order valence-electron chi connectivity index (χ4n) is 3.53. The van der Waals surface area contributed by atoms with Gasteiger partial charge in [-0.25, -0.2) is 14.3 Å². The molecule has 1 aliphatic rings. The standard InChI is InChI=1S/C22H21F2N5O2/c1-29-7-6-16(12-29)31-15-4-2-14(3-5-15)26-11-21(28-25)17-8-13-9-18(23)19(24)10-20(13)27-22(17)30/h2-5,8-11,16,25-26H,6-7,12H2,1H3,(H,27,30)/b21-11-,28-25?/t16-/m0/s1. The first-order chi connectivity index (χ1) is 14.9. The molecule has 1 fully saturated rings. The van der Waals surface area contributed by atoms with Crippen LogP contribution in [0.5, 0.6) is 5.75 Å². The number of pyridine rings is 1. The van der Waals surface area contributed by atoms with E-state index in [4.69, 9.17) is 10.3 Å². The van der Waals surface area contributed by atoms with Gasteiger partial charge < -0.3 is 19.9 Å². The van der Waals surface area contributed by atoms with E-state index in [9.17, 15) is 13.6 Å². The molecule has 1 aliphatic heterocycles. The van der Waals surface area contributed by atoms with Gasteiger partial charge in [-0.05, 0) is 49.9 Å². The van der Waals surface area contributed by atoms with Crippen molar-refractivity contribution in [1.82, 2.24) is 9.88 Å². The zero-order valence-corrected chi connectivity index (χ0v) is 16.8. The molecular weight excluding hydrogens is 404 g/mol. The maximum absolute atomic E-state index is 13.5. The van der Waals surface area contributed by atoms with Crippen LogP contribution < -0.4 is 15.6 Å². The minimum atomic E-state index is -1.05. The van der Waals surface area contributed by atoms with Crippen molar-refractivity contribution in [3.63, 3.8) is 0 Å². The number of aromatic amines is 1. The molecule has 2 aromatic carbocycles. The molecule has 0 amide bonds. The number of hydrogen-bond donors (Lipinski definition) is 3. The van der Waals surface area contributed by atoms with Crippen LogP contribution in [0.3, 0.4) is 0 Å². The highest BCUT2D eigenvalue weighted by Crippen LogP contribution is 2.22. The molecule has 1 saturated heterocycles. The second-order valence-corrected chi connectivity index (χ2v) is 7.47. The van der Waals surface area contributed by atoms with Crippen LogP contribution in [0.15, 0.2) is 58.6 Å². The number of likely N-dealkylation sites (N-methyl/N-ethyl adjacent to an activating group) is 1. The second kappa shape index (κ2) is 8.65. The number of aromatic nitrogens is 1. The number of nitrogens with zero attached hydrogens (tertiary/aromatic N) is 2. The number of ether oxygens (including phenoxy) is 1. The molecule has 3 aromatic rings. The third kappa shape index (κ3) is 4.61. The first-order valence-corrected chi connectivity index (χ1v) is 9.75. The van der Waals surface area contributed by atoms with E-state index in [1.54, 1.807) is 0 Å². The highest BCUT2D eigenvalue weighted by Gasteiger charge is 2.20. The van der Waals surface area contributed by atoms with E-state index < -0.39 is 17.2 Å². The summed E-state index contributed by atoms with van der Waals surface area (Å²) in [5, 5.41) is 6.69. The molecule has 7 nitrogen and oxygen atoms in total. The van der Waals surface area contributed by atoms with Crippen LogP contribution in [-0.2, 0) is 0 Å². The Balaban J connectivity index is 1.52. The van der Waals surface area contributed by atoms with Gasteiger partial charge in [-0.3, -0.25) is 4.79 Å². The highest BCUT2D eigenvalue weighted by atomic mass is 19.2. The van der Waals surface area contributed by atoms with Crippen molar-refractivity contribution in [3.05, 3.63) is 76.2 Å². The topological polar surface area (TPSA) is 93.6 Å². The van der Waals surface area contributed by atoms with Crippen LogP contribution in [0, 0.1) is 17.2 Å². The maximum Gasteiger partial charge on any atom is 0.258 e. The van der Waals surface area contributed by atoms with Gasteiger partial charge in [-0.2, -0.15) is 5.11 Å². The van der Waals surface area contributed by atoms with Crippen LogP contribution >= 0.6 is 0 Å². The minimum absolute atomic E-state index is 0.0437. The van der Waals surface area contributed by atoms with Crippen LogP contribution in [0.1, 0.15) is 12.0 Å². The van der Waals surface area contributed by atoms with Gasteiger partial charge in [0.2, 0.25) is 0 Å². The first-order valence-electron chi connectivity index (χ1n) is 9.75. The SMILES string of the molecule is CN1CC[C@H](Oc2ccc(N/C=C(\N=N)c3cc4cc(F)c(F)cc4[nH]c3=O)cc2)C1. The number of halogens is 2. The Morgan fingerprint density at radius 3 is 2.68 bits per heavy atom. The quantitative estimate of drug-likeness (QED) is 0.513. The molecule has 31 heavy (non-hydrogen) atoms. The van der Waals surface area contributed by atoms with E-state index in [-0.39, 0.29) is 22.9 Å². The monoisotopic (exact) mass is 425 g/mol. The number of fused-ring (bicyclic) bond motifs is 1. The molecule has 3 N–H and O–H groups in total. The zero-order chi connectivity index (χ0) is 22.0. The minimum Gasteiger partial charge on any atom is -0.489 e. The molecule has 0 aliphatic carbocycles. The van der Waals surface area contributed by atoms with Crippen molar-refractivity contribution < 1.29 is 13.5 Å². The third-order valence-corrected chi connectivity index (χ3v) is 5.16. The number of hydrogen-bond acceptors (Lipinski definition) is 6. The molecule has 0 radical (unpaired) electrons. The van der Waals surface area contributed by atoms with E-state index in [0.29, 0.717) is 11.1 Å². The van der Waals surface area contributed by atoms with Crippen LogP contribution in [0.2, 0.25) is 0 Å². The number of likely N-dealkylation sites (tertiary alicyclic amines) is 1. The van der Waals surface area contributed by atoms with E-state index in [0.717, 1.165) is 37.4 Å². The van der Waals surface area contributed by atoms with Crippen LogP contribution in [0.25, 0.3) is 16.6 Å². The Morgan fingerprint density at radius 1 is 1.26 bits per heavy atom. The summed E-state index contributed by atoms with van der Waals surface area (Å²) in [5.74, 6) is -1.31. The van der Waals surface area contributed by atoms with Gasteiger partial charge in [-0.15, -0.1) is 0 Å². The molecule has 4 rings (SSSR count). The predicted octanol–water partition coefficient (Wildman–Crippen LogP) is 4.33. The van der Waals surface area contributed by atoms with Crippen molar-refractivity contribution in [2.75, 3.05) is 25.5 Å². The summed E-state index contributed by atoms with van der Waals surface area (Å²) in [6.07, 6.45) is 2.57. The summed E-state index contributed by atoms with van der Waals surface area (Å²) < 4.78 is 32.9. The van der Waals surface area contributed by atoms with Crippen LogP contribution in [0.4, 0.5) is 14.5 Å². The number of benzene rings is 2. The molecule has 0 bridgehead atoms. The molecular formula is C22H21F2N5O2. The second-order valence-electron chi connectivity index (χ2n) is 7.47. The van der Waals surface area contributed by atoms with Crippen molar-refractivity contribution in [2.24, 2.45) is 5.11 Å². The largest absolute Gasteiger partial charge is 0.489 e. The molecule has 160 valence electrons. The van der Waals surface area contributed by atoms with E-state index in [1.807, 2.05) is 24.3 Å². The summed E-state index contributed by atoms with van der Waals surface area (Å²) in [7, 11) is 2.06. The van der Waals surface area contributed by atoms with Crippen molar-refractivity contribution >= 4 is 22.3 Å². The lowest BCUT2D eigenvalue weighted by molar-refractivity contribution is 0.208. The molecule has 2 heterocycles. The average molecular weight is 425 g/mol. The van der Waals surface area contributed by atoms with Gasteiger partial charge in [0.15, 0.2) is 11.6 Å². The molecule has 1 atom stereocenters. The van der Waals surface area contributed by atoms with Gasteiger partial charge in [0, 0.05) is 36.4 Å². The summed E-state index contributed by atoms with van der Waals surface area (Å²) in [6.45, 7) is 1.91. The third-order valence-electron chi connectivity index (χ3n) is 5.16. The molecule has 9 heteroatoms. The summed E-state index contributed by atoms with van der Waals surface area (Å²) in [4.78, 5) is 17.1. The van der Waals surface area contributed by atoms with Crippen molar-refractivity contribution in [3.8, 4) is 5.75 Å². The summed E-state index contributed by atoms with van der Waals surface area (Å²) in [5.41, 5.74) is 7.84. The summed E-state index contributed by atoms with van der Waals surface area (Å²) >= 11 is 0. The Bertz CT molecular complexity index is 1210. The van der Waals surface area contributed by atoms with Crippen molar-refractivity contribution in [1.29, 1.82) is 5.53 Å². The fraction of sp³-hybridized carbons (Fsp3) is 0.227. The van der Waals surface area contributed by atoms with Gasteiger partial charge in [0.1, 0.15) is 17.6 Å². The average Bonchev–Trinajstić information content (AvgIpc) is 3.16. The Hall–Kier alpha value is -3.59. The Kier molecular flexibility index (Phi) is 5.77. The van der Waals surface area contributed by atoms with Gasteiger partial charge >= 0.3 is 0 Å². The van der Waals surface area contributed by atoms with Crippen molar-refractivity contribution in [2.45, 2.75) is 12.5 Å². The number of nitrogens with one attached hydrogen (secondary N) is 3. The lowest BCUT2D eigenvalue weighted by Gasteiger charge is -2.14. The van der Waals surface area contributed by atoms with Gasteiger partial charge in [-0.1, -0.05) is 0 Å². The van der Waals surface area contributed by atoms with E-state index in [1.165, 1.54) is 12.3 Å². The smallest absolute Gasteiger partial charge is 0.258 e. The summed E-state index contributed by atoms with van der Waals surface area (Å²) in [6, 6.07) is 10.6. The highest BCUT2D eigenvalue weighted by molar-refractivity contribution is 5.82. The fourth-order valence-corrected chi connectivity index (χ4v) is 3.53. The molecule has 0 unspecified atom stereocenters. The number of H-pyrrole nitrogens is 1. The molecule has 1 aromatic heterocycles. The molecule has 0 spiro atoms. The number of rotatable bonds is 6. The lowest BCUT2D eigenvalue weighted by atomic mass is 10.1. The Labute approximate surface area is 176 Å². The maximum atomic E-state index is 13.5. The normalized spacial score (nSPS) is 17.1. The predicted molar refractivity (Wildman–Crippen MR) is 114 cm³/mol. The first kappa shape index (κ1) is 20.7.